The number of nitriles is 1. The van der Waals surface area contributed by atoms with Crippen molar-refractivity contribution in [3.8, 4) is 17.6 Å². The smallest absolute Gasteiger partial charge is 0.145 e. The van der Waals surface area contributed by atoms with E-state index in [0.717, 1.165) is 42.9 Å². The van der Waals surface area contributed by atoms with Crippen LogP contribution in [0.25, 0.3) is 0 Å². The van der Waals surface area contributed by atoms with Crippen molar-refractivity contribution in [2.45, 2.75) is 31.7 Å². The second-order valence-electron chi connectivity index (χ2n) is 4.89. The Morgan fingerprint density at radius 3 is 2.47 bits per heavy atom. The minimum atomic E-state index is 0.232. The third-order valence-electron chi connectivity index (χ3n) is 3.68. The molecule has 0 atom stereocenters. The van der Waals surface area contributed by atoms with Crippen molar-refractivity contribution in [2.75, 3.05) is 19.5 Å². The summed E-state index contributed by atoms with van der Waals surface area (Å²) in [7, 11) is 3.30. The SMILES string of the molecule is COc1ccc(NC2CCC(C#N)CC2)c(OC)c1. The van der Waals surface area contributed by atoms with Crippen LogP contribution in [0, 0.1) is 17.2 Å². The quantitative estimate of drug-likeness (QED) is 0.903. The molecular formula is C15H20N2O2. The molecule has 19 heavy (non-hydrogen) atoms. The number of methoxy groups -OCH3 is 2. The van der Waals surface area contributed by atoms with Gasteiger partial charge >= 0.3 is 0 Å². The Labute approximate surface area is 114 Å². The van der Waals surface area contributed by atoms with Crippen LogP contribution in [0.1, 0.15) is 25.7 Å². The van der Waals surface area contributed by atoms with Crippen LogP contribution in [0.2, 0.25) is 0 Å². The Morgan fingerprint density at radius 1 is 1.16 bits per heavy atom. The van der Waals surface area contributed by atoms with E-state index in [1.807, 2.05) is 18.2 Å². The molecule has 1 saturated carbocycles. The maximum Gasteiger partial charge on any atom is 0.145 e. The van der Waals surface area contributed by atoms with Gasteiger partial charge < -0.3 is 14.8 Å². The maximum atomic E-state index is 8.90. The van der Waals surface area contributed by atoms with E-state index in [1.165, 1.54) is 0 Å². The lowest BCUT2D eigenvalue weighted by Crippen LogP contribution is -2.25. The van der Waals surface area contributed by atoms with E-state index in [0.29, 0.717) is 6.04 Å². The maximum absolute atomic E-state index is 8.90. The lowest BCUT2D eigenvalue weighted by atomic mass is 9.87. The predicted molar refractivity (Wildman–Crippen MR) is 74.5 cm³/mol. The first-order valence-corrected chi connectivity index (χ1v) is 6.65. The molecule has 0 unspecified atom stereocenters. The Hall–Kier alpha value is -1.89. The highest BCUT2D eigenvalue weighted by Gasteiger charge is 2.21. The molecule has 0 aromatic heterocycles. The summed E-state index contributed by atoms with van der Waals surface area (Å²) in [6.07, 6.45) is 4.03. The van der Waals surface area contributed by atoms with E-state index < -0.39 is 0 Å². The highest BCUT2D eigenvalue weighted by Crippen LogP contribution is 2.32. The first kappa shape index (κ1) is 13.5. The van der Waals surface area contributed by atoms with Gasteiger partial charge in [0.05, 0.1) is 26.0 Å². The number of hydrogen-bond acceptors (Lipinski definition) is 4. The Bertz CT molecular complexity index is 460. The fraction of sp³-hybridized carbons (Fsp3) is 0.533. The van der Waals surface area contributed by atoms with E-state index in [-0.39, 0.29) is 5.92 Å². The number of nitrogens with one attached hydrogen (secondary N) is 1. The molecule has 0 amide bonds. The summed E-state index contributed by atoms with van der Waals surface area (Å²) in [4.78, 5) is 0. The molecule has 1 N–H and O–H groups in total. The Balaban J connectivity index is 2.01. The Kier molecular flexibility index (Phi) is 4.51. The number of anilines is 1. The summed E-state index contributed by atoms with van der Waals surface area (Å²) in [5, 5.41) is 12.4. The standard InChI is InChI=1S/C15H20N2O2/c1-18-13-7-8-14(15(9-13)19-2)17-12-5-3-11(10-16)4-6-12/h7-9,11-12,17H,3-6H2,1-2H3. The van der Waals surface area contributed by atoms with Crippen molar-refractivity contribution in [1.29, 1.82) is 5.26 Å². The second-order valence-corrected chi connectivity index (χ2v) is 4.89. The Morgan fingerprint density at radius 2 is 1.89 bits per heavy atom. The fourth-order valence-corrected chi connectivity index (χ4v) is 2.50. The average molecular weight is 260 g/mol. The number of ether oxygens (including phenoxy) is 2. The van der Waals surface area contributed by atoms with Gasteiger partial charge in [0.25, 0.3) is 0 Å². The third kappa shape index (κ3) is 3.31. The van der Waals surface area contributed by atoms with Gasteiger partial charge in [-0.2, -0.15) is 5.26 Å². The summed E-state index contributed by atoms with van der Waals surface area (Å²) < 4.78 is 10.6. The van der Waals surface area contributed by atoms with Crippen LogP contribution in [0.4, 0.5) is 5.69 Å². The molecule has 1 aromatic rings. The van der Waals surface area contributed by atoms with Gasteiger partial charge in [-0.1, -0.05) is 0 Å². The summed E-state index contributed by atoms with van der Waals surface area (Å²) in [6.45, 7) is 0. The lowest BCUT2D eigenvalue weighted by Gasteiger charge is -2.27. The van der Waals surface area contributed by atoms with E-state index >= 15 is 0 Å². The van der Waals surface area contributed by atoms with Crippen LogP contribution in [-0.4, -0.2) is 20.3 Å². The van der Waals surface area contributed by atoms with Crippen molar-refractivity contribution in [3.05, 3.63) is 18.2 Å². The van der Waals surface area contributed by atoms with E-state index in [4.69, 9.17) is 14.7 Å². The molecule has 4 nitrogen and oxygen atoms in total. The predicted octanol–water partition coefficient (Wildman–Crippen LogP) is 3.20. The van der Waals surface area contributed by atoms with Crippen LogP contribution in [0.3, 0.4) is 0 Å². The summed E-state index contributed by atoms with van der Waals surface area (Å²) in [6, 6.07) is 8.56. The van der Waals surface area contributed by atoms with Gasteiger partial charge in [-0.05, 0) is 37.8 Å². The zero-order chi connectivity index (χ0) is 13.7. The van der Waals surface area contributed by atoms with Gasteiger partial charge in [0, 0.05) is 18.0 Å². The highest BCUT2D eigenvalue weighted by atomic mass is 16.5. The van der Waals surface area contributed by atoms with Gasteiger partial charge in [-0.25, -0.2) is 0 Å². The normalized spacial score (nSPS) is 22.4. The number of hydrogen-bond donors (Lipinski definition) is 1. The van der Waals surface area contributed by atoms with Crippen LogP contribution in [-0.2, 0) is 0 Å². The molecule has 0 saturated heterocycles. The third-order valence-corrected chi connectivity index (χ3v) is 3.68. The molecule has 1 aliphatic rings. The minimum Gasteiger partial charge on any atom is -0.497 e. The van der Waals surface area contributed by atoms with Crippen molar-refractivity contribution in [3.63, 3.8) is 0 Å². The van der Waals surface area contributed by atoms with E-state index in [9.17, 15) is 0 Å². The average Bonchev–Trinajstić information content (AvgIpc) is 2.48. The monoisotopic (exact) mass is 260 g/mol. The fourth-order valence-electron chi connectivity index (χ4n) is 2.50. The molecule has 102 valence electrons. The molecule has 0 heterocycles. The minimum absolute atomic E-state index is 0.232. The molecular weight excluding hydrogens is 240 g/mol. The molecule has 1 aromatic carbocycles. The molecule has 1 fully saturated rings. The number of rotatable bonds is 4. The largest absolute Gasteiger partial charge is 0.497 e. The van der Waals surface area contributed by atoms with Gasteiger partial charge in [-0.15, -0.1) is 0 Å². The lowest BCUT2D eigenvalue weighted by molar-refractivity contribution is 0.386. The summed E-state index contributed by atoms with van der Waals surface area (Å²) in [5.41, 5.74) is 0.990. The van der Waals surface area contributed by atoms with E-state index in [2.05, 4.69) is 11.4 Å². The van der Waals surface area contributed by atoms with Crippen molar-refractivity contribution < 1.29 is 9.47 Å². The first-order valence-electron chi connectivity index (χ1n) is 6.65. The van der Waals surface area contributed by atoms with Crippen molar-refractivity contribution in [1.82, 2.24) is 0 Å². The van der Waals surface area contributed by atoms with Crippen LogP contribution >= 0.6 is 0 Å². The van der Waals surface area contributed by atoms with Crippen LogP contribution in [0.15, 0.2) is 18.2 Å². The highest BCUT2D eigenvalue weighted by molar-refractivity contribution is 5.59. The van der Waals surface area contributed by atoms with Crippen LogP contribution in [0.5, 0.6) is 11.5 Å². The topological polar surface area (TPSA) is 54.3 Å². The van der Waals surface area contributed by atoms with Crippen molar-refractivity contribution >= 4 is 5.69 Å². The summed E-state index contributed by atoms with van der Waals surface area (Å²) in [5.74, 6) is 1.81. The second kappa shape index (κ2) is 6.33. The number of benzene rings is 1. The molecule has 0 radical (unpaired) electrons. The molecule has 2 rings (SSSR count). The molecule has 0 spiro atoms. The van der Waals surface area contributed by atoms with Gasteiger partial charge in [0.15, 0.2) is 0 Å². The van der Waals surface area contributed by atoms with Gasteiger partial charge in [0.2, 0.25) is 0 Å². The van der Waals surface area contributed by atoms with Gasteiger partial charge in [0.1, 0.15) is 11.5 Å². The first-order chi connectivity index (χ1) is 9.26. The zero-order valence-electron chi connectivity index (χ0n) is 11.5. The van der Waals surface area contributed by atoms with E-state index in [1.54, 1.807) is 14.2 Å². The molecule has 4 heteroatoms. The summed E-state index contributed by atoms with van der Waals surface area (Å²) >= 11 is 0. The molecule has 0 aliphatic heterocycles. The number of nitrogens with zero attached hydrogens (tertiary/aromatic N) is 1. The van der Waals surface area contributed by atoms with Crippen LogP contribution < -0.4 is 14.8 Å². The van der Waals surface area contributed by atoms with Crippen molar-refractivity contribution in [2.24, 2.45) is 5.92 Å². The zero-order valence-corrected chi connectivity index (χ0v) is 11.5. The van der Waals surface area contributed by atoms with Gasteiger partial charge in [-0.3, -0.25) is 0 Å². The molecule has 0 bridgehead atoms. The molecule has 1 aliphatic carbocycles.